The monoisotopic (exact) mass is 227 g/mol. The fourth-order valence-electron chi connectivity index (χ4n) is 1.81. The Morgan fingerprint density at radius 2 is 2.31 bits per heavy atom. The summed E-state index contributed by atoms with van der Waals surface area (Å²) in [6, 6.07) is -0.00640. The maximum absolute atomic E-state index is 11.9. The zero-order valence-electron chi connectivity index (χ0n) is 10.2. The average molecular weight is 227 g/mol. The largest absolute Gasteiger partial charge is 0.352 e. The van der Waals surface area contributed by atoms with E-state index < -0.39 is 0 Å². The highest BCUT2D eigenvalue weighted by molar-refractivity contribution is 5.88. The van der Waals surface area contributed by atoms with Crippen molar-refractivity contribution in [3.05, 3.63) is 0 Å². The molecular weight excluding hydrogens is 206 g/mol. The summed E-state index contributed by atoms with van der Waals surface area (Å²) in [7, 11) is 0. The van der Waals surface area contributed by atoms with Crippen molar-refractivity contribution in [3.8, 4) is 0 Å². The minimum Gasteiger partial charge on any atom is -0.352 e. The van der Waals surface area contributed by atoms with Crippen LogP contribution in [0.3, 0.4) is 0 Å². The SMILES string of the molecule is CCC1NCCN(CC(=O)NC(C)C)C1=O. The van der Waals surface area contributed by atoms with Crippen LogP contribution in [0.4, 0.5) is 0 Å². The lowest BCUT2D eigenvalue weighted by atomic mass is 10.1. The Bertz CT molecular complexity index is 266. The van der Waals surface area contributed by atoms with E-state index in [9.17, 15) is 9.59 Å². The van der Waals surface area contributed by atoms with E-state index >= 15 is 0 Å². The molecule has 1 saturated heterocycles. The molecule has 0 aliphatic carbocycles. The topological polar surface area (TPSA) is 61.4 Å². The molecule has 5 heteroatoms. The van der Waals surface area contributed by atoms with Crippen LogP contribution < -0.4 is 10.6 Å². The van der Waals surface area contributed by atoms with Crippen molar-refractivity contribution in [2.45, 2.75) is 39.3 Å². The van der Waals surface area contributed by atoms with Crippen LogP contribution in [0.25, 0.3) is 0 Å². The van der Waals surface area contributed by atoms with Crippen molar-refractivity contribution >= 4 is 11.8 Å². The number of piperazine rings is 1. The molecule has 1 aliphatic heterocycles. The molecule has 1 aliphatic rings. The number of nitrogens with zero attached hydrogens (tertiary/aromatic N) is 1. The van der Waals surface area contributed by atoms with Gasteiger partial charge in [0.1, 0.15) is 0 Å². The molecule has 1 rings (SSSR count). The zero-order chi connectivity index (χ0) is 12.1. The van der Waals surface area contributed by atoms with Gasteiger partial charge in [0.2, 0.25) is 11.8 Å². The van der Waals surface area contributed by atoms with Crippen LogP contribution in [0.2, 0.25) is 0 Å². The van der Waals surface area contributed by atoms with E-state index in [1.54, 1.807) is 4.90 Å². The third kappa shape index (κ3) is 3.48. The molecule has 2 N–H and O–H groups in total. The molecule has 0 aromatic carbocycles. The Hall–Kier alpha value is -1.10. The minimum absolute atomic E-state index is 0.0349. The van der Waals surface area contributed by atoms with Gasteiger partial charge in [-0.1, -0.05) is 6.92 Å². The molecule has 0 bridgehead atoms. The Morgan fingerprint density at radius 3 is 2.88 bits per heavy atom. The maximum atomic E-state index is 11.9. The summed E-state index contributed by atoms with van der Waals surface area (Å²) in [6.07, 6.45) is 0.765. The summed E-state index contributed by atoms with van der Waals surface area (Å²) in [5.41, 5.74) is 0. The number of nitrogens with one attached hydrogen (secondary N) is 2. The lowest BCUT2D eigenvalue weighted by molar-refractivity contribution is -0.139. The molecule has 0 spiro atoms. The smallest absolute Gasteiger partial charge is 0.240 e. The van der Waals surface area contributed by atoms with E-state index in [1.165, 1.54) is 0 Å². The molecule has 1 unspecified atom stereocenters. The van der Waals surface area contributed by atoms with Gasteiger partial charge in [0.25, 0.3) is 0 Å². The first-order valence-electron chi connectivity index (χ1n) is 5.86. The van der Waals surface area contributed by atoms with Crippen LogP contribution in [0.5, 0.6) is 0 Å². The lowest BCUT2D eigenvalue weighted by Crippen LogP contribution is -2.57. The molecule has 0 aromatic heterocycles. The first-order chi connectivity index (χ1) is 7.54. The number of carbonyl (C=O) groups is 2. The van der Waals surface area contributed by atoms with Crippen LogP contribution in [0, 0.1) is 0 Å². The number of hydrogen-bond donors (Lipinski definition) is 2. The summed E-state index contributed by atoms with van der Waals surface area (Å²) in [6.45, 7) is 7.33. The van der Waals surface area contributed by atoms with E-state index in [-0.39, 0.29) is 30.4 Å². The second-order valence-electron chi connectivity index (χ2n) is 4.40. The average Bonchev–Trinajstić information content (AvgIpc) is 2.20. The number of carbonyl (C=O) groups excluding carboxylic acids is 2. The van der Waals surface area contributed by atoms with Gasteiger partial charge in [-0.25, -0.2) is 0 Å². The van der Waals surface area contributed by atoms with Gasteiger partial charge in [-0.2, -0.15) is 0 Å². The van der Waals surface area contributed by atoms with Gasteiger partial charge in [-0.3, -0.25) is 9.59 Å². The van der Waals surface area contributed by atoms with Crippen molar-refractivity contribution in [2.24, 2.45) is 0 Å². The Kier molecular flexibility index (Phi) is 4.73. The van der Waals surface area contributed by atoms with Crippen molar-refractivity contribution in [2.75, 3.05) is 19.6 Å². The van der Waals surface area contributed by atoms with Crippen LogP contribution in [-0.4, -0.2) is 48.4 Å². The highest BCUT2D eigenvalue weighted by Crippen LogP contribution is 2.04. The van der Waals surface area contributed by atoms with Crippen molar-refractivity contribution in [3.63, 3.8) is 0 Å². The molecular formula is C11H21N3O2. The number of amides is 2. The van der Waals surface area contributed by atoms with Crippen molar-refractivity contribution < 1.29 is 9.59 Å². The summed E-state index contributed by atoms with van der Waals surface area (Å²) in [5, 5.41) is 5.93. The predicted molar refractivity (Wildman–Crippen MR) is 61.9 cm³/mol. The van der Waals surface area contributed by atoms with Gasteiger partial charge in [-0.15, -0.1) is 0 Å². The number of hydrogen-bond acceptors (Lipinski definition) is 3. The first-order valence-corrected chi connectivity index (χ1v) is 5.86. The summed E-state index contributed by atoms with van der Waals surface area (Å²) in [5.74, 6) is -0.0484. The highest BCUT2D eigenvalue weighted by Gasteiger charge is 2.27. The van der Waals surface area contributed by atoms with Gasteiger partial charge in [0, 0.05) is 19.1 Å². The normalized spacial score (nSPS) is 21.4. The fraction of sp³-hybridized carbons (Fsp3) is 0.818. The second kappa shape index (κ2) is 5.84. The van der Waals surface area contributed by atoms with Gasteiger partial charge in [0.05, 0.1) is 12.6 Å². The van der Waals surface area contributed by atoms with Crippen LogP contribution >= 0.6 is 0 Å². The molecule has 5 nitrogen and oxygen atoms in total. The van der Waals surface area contributed by atoms with E-state index in [2.05, 4.69) is 10.6 Å². The molecule has 16 heavy (non-hydrogen) atoms. The Balaban J connectivity index is 2.47. The molecule has 0 saturated carbocycles. The third-order valence-corrected chi connectivity index (χ3v) is 2.57. The quantitative estimate of drug-likeness (QED) is 0.694. The first kappa shape index (κ1) is 13.0. The van der Waals surface area contributed by atoms with Gasteiger partial charge in [0.15, 0.2) is 0 Å². The summed E-state index contributed by atoms with van der Waals surface area (Å²) < 4.78 is 0. The molecule has 0 radical (unpaired) electrons. The van der Waals surface area contributed by atoms with Crippen LogP contribution in [-0.2, 0) is 9.59 Å². The second-order valence-corrected chi connectivity index (χ2v) is 4.40. The van der Waals surface area contributed by atoms with E-state index in [1.807, 2.05) is 20.8 Å². The van der Waals surface area contributed by atoms with Gasteiger partial charge >= 0.3 is 0 Å². The summed E-state index contributed by atoms with van der Waals surface area (Å²) in [4.78, 5) is 25.0. The van der Waals surface area contributed by atoms with E-state index in [0.717, 1.165) is 13.0 Å². The standard InChI is InChI=1S/C11H21N3O2/c1-4-9-11(16)14(6-5-12-9)7-10(15)13-8(2)3/h8-9,12H,4-7H2,1-3H3,(H,13,15). The van der Waals surface area contributed by atoms with Gasteiger partial charge in [-0.05, 0) is 20.3 Å². The molecule has 92 valence electrons. The van der Waals surface area contributed by atoms with E-state index in [0.29, 0.717) is 6.54 Å². The molecule has 1 atom stereocenters. The van der Waals surface area contributed by atoms with Gasteiger partial charge < -0.3 is 15.5 Å². The molecule has 1 fully saturated rings. The zero-order valence-corrected chi connectivity index (χ0v) is 10.2. The maximum Gasteiger partial charge on any atom is 0.240 e. The predicted octanol–water partition coefficient (Wildman–Crippen LogP) is -0.279. The third-order valence-electron chi connectivity index (χ3n) is 2.57. The summed E-state index contributed by atoms with van der Waals surface area (Å²) >= 11 is 0. The fourth-order valence-corrected chi connectivity index (χ4v) is 1.81. The van der Waals surface area contributed by atoms with Crippen molar-refractivity contribution in [1.29, 1.82) is 0 Å². The molecule has 1 heterocycles. The lowest BCUT2D eigenvalue weighted by Gasteiger charge is -2.32. The van der Waals surface area contributed by atoms with Crippen LogP contribution in [0.15, 0.2) is 0 Å². The Labute approximate surface area is 96.6 Å². The molecule has 0 aromatic rings. The van der Waals surface area contributed by atoms with Crippen LogP contribution in [0.1, 0.15) is 27.2 Å². The van der Waals surface area contributed by atoms with Crippen molar-refractivity contribution in [1.82, 2.24) is 15.5 Å². The Morgan fingerprint density at radius 1 is 1.62 bits per heavy atom. The van der Waals surface area contributed by atoms with E-state index in [4.69, 9.17) is 0 Å². The minimum atomic E-state index is -0.124. The molecule has 2 amide bonds. The highest BCUT2D eigenvalue weighted by atomic mass is 16.2. The number of rotatable bonds is 4.